The molecule has 0 saturated carbocycles. The van der Waals surface area contributed by atoms with E-state index in [2.05, 4.69) is 15.0 Å². The topological polar surface area (TPSA) is 38.7 Å². The van der Waals surface area contributed by atoms with E-state index in [1.54, 1.807) is 12.4 Å². The second kappa shape index (κ2) is 14.1. The summed E-state index contributed by atoms with van der Waals surface area (Å²) in [5.41, 5.74) is 3.46. The molecule has 0 spiro atoms. The molecule has 3 heteroatoms. The monoisotopic (exact) mass is 323 g/mol. The highest BCUT2D eigenvalue weighted by Gasteiger charge is 2.03. The molecule has 3 aromatic rings. The molecule has 3 aromatic heterocycles. The highest BCUT2D eigenvalue weighted by atomic mass is 14.8. The fraction of sp³-hybridized carbons (Fsp3) is 0.286. The standard InChI is InChI=1S/C15H11N3.3C2H6/c1-3-10-16-12(6-1)14-8-5-9-15(18-14)13-7-2-4-11-17-13;3*1-2/h1-11H;3*1-2H3. The van der Waals surface area contributed by atoms with Crippen molar-refractivity contribution in [1.29, 1.82) is 0 Å². The van der Waals surface area contributed by atoms with Crippen LogP contribution in [-0.4, -0.2) is 15.0 Å². The van der Waals surface area contributed by atoms with Gasteiger partial charge < -0.3 is 0 Å². The fourth-order valence-corrected chi connectivity index (χ4v) is 1.75. The Morgan fingerprint density at radius 2 is 0.833 bits per heavy atom. The van der Waals surface area contributed by atoms with Gasteiger partial charge in [-0.1, -0.05) is 59.7 Å². The number of aromatic nitrogens is 3. The van der Waals surface area contributed by atoms with Crippen LogP contribution in [0.3, 0.4) is 0 Å². The van der Waals surface area contributed by atoms with E-state index in [4.69, 9.17) is 0 Å². The van der Waals surface area contributed by atoms with Crippen LogP contribution in [0.15, 0.2) is 67.0 Å². The van der Waals surface area contributed by atoms with Crippen LogP contribution in [0.1, 0.15) is 41.5 Å². The molecule has 0 N–H and O–H groups in total. The smallest absolute Gasteiger partial charge is 0.0894 e. The molecule has 0 fully saturated rings. The van der Waals surface area contributed by atoms with Gasteiger partial charge in [0.2, 0.25) is 0 Å². The lowest BCUT2D eigenvalue weighted by molar-refractivity contribution is 1.22. The molecule has 0 aliphatic rings. The average molecular weight is 323 g/mol. The van der Waals surface area contributed by atoms with Crippen molar-refractivity contribution < 1.29 is 0 Å². The average Bonchev–Trinajstić information content (AvgIpc) is 2.74. The zero-order valence-electron chi connectivity index (χ0n) is 15.7. The third-order valence-electron chi connectivity index (χ3n) is 2.60. The van der Waals surface area contributed by atoms with Gasteiger partial charge in [-0.25, -0.2) is 4.98 Å². The minimum atomic E-state index is 0.860. The van der Waals surface area contributed by atoms with Crippen molar-refractivity contribution in [2.75, 3.05) is 0 Å². The number of hydrogen-bond donors (Lipinski definition) is 0. The SMILES string of the molecule is CC.CC.CC.c1ccc(-c2cccc(-c3ccccn3)n2)nc1. The van der Waals surface area contributed by atoms with Gasteiger partial charge in [0.15, 0.2) is 0 Å². The third-order valence-corrected chi connectivity index (χ3v) is 2.60. The molecular formula is C21H29N3. The zero-order chi connectivity index (χ0) is 18.2. The zero-order valence-corrected chi connectivity index (χ0v) is 15.7. The van der Waals surface area contributed by atoms with Gasteiger partial charge >= 0.3 is 0 Å². The first-order chi connectivity index (χ1) is 11.9. The van der Waals surface area contributed by atoms with Crippen molar-refractivity contribution in [3.8, 4) is 22.8 Å². The molecule has 0 aromatic carbocycles. The first-order valence-corrected chi connectivity index (χ1v) is 8.73. The maximum Gasteiger partial charge on any atom is 0.0894 e. The Balaban J connectivity index is 0.000000798. The van der Waals surface area contributed by atoms with Crippen LogP contribution in [0.5, 0.6) is 0 Å². The van der Waals surface area contributed by atoms with Gasteiger partial charge in [0.25, 0.3) is 0 Å². The van der Waals surface area contributed by atoms with E-state index >= 15 is 0 Å². The molecule has 0 unspecified atom stereocenters. The molecular weight excluding hydrogens is 294 g/mol. The Morgan fingerprint density at radius 3 is 1.17 bits per heavy atom. The second-order valence-electron chi connectivity index (χ2n) is 3.84. The van der Waals surface area contributed by atoms with E-state index in [1.807, 2.05) is 96.1 Å². The molecule has 0 aliphatic carbocycles. The molecule has 3 heterocycles. The van der Waals surface area contributed by atoms with Crippen LogP contribution in [0, 0.1) is 0 Å². The maximum atomic E-state index is 4.59. The van der Waals surface area contributed by atoms with Crippen molar-refractivity contribution in [3.05, 3.63) is 67.0 Å². The van der Waals surface area contributed by atoms with Crippen LogP contribution in [0.4, 0.5) is 0 Å². The first kappa shape index (κ1) is 21.4. The first-order valence-electron chi connectivity index (χ1n) is 8.73. The predicted molar refractivity (Wildman–Crippen MR) is 105 cm³/mol. The summed E-state index contributed by atoms with van der Waals surface area (Å²) in [7, 11) is 0. The van der Waals surface area contributed by atoms with Crippen molar-refractivity contribution in [2.45, 2.75) is 41.5 Å². The van der Waals surface area contributed by atoms with E-state index in [0.717, 1.165) is 22.8 Å². The van der Waals surface area contributed by atoms with Crippen molar-refractivity contribution in [2.24, 2.45) is 0 Å². The number of nitrogens with zero attached hydrogens (tertiary/aromatic N) is 3. The van der Waals surface area contributed by atoms with E-state index in [0.29, 0.717) is 0 Å². The van der Waals surface area contributed by atoms with E-state index in [9.17, 15) is 0 Å². The Morgan fingerprint density at radius 1 is 0.458 bits per heavy atom. The summed E-state index contributed by atoms with van der Waals surface area (Å²) in [6, 6.07) is 17.5. The number of rotatable bonds is 2. The molecule has 0 saturated heterocycles. The minimum absolute atomic E-state index is 0.860. The summed E-state index contributed by atoms with van der Waals surface area (Å²) >= 11 is 0. The lowest BCUT2D eigenvalue weighted by atomic mass is 10.2. The summed E-state index contributed by atoms with van der Waals surface area (Å²) < 4.78 is 0. The van der Waals surface area contributed by atoms with Gasteiger partial charge in [0.1, 0.15) is 0 Å². The van der Waals surface area contributed by atoms with Gasteiger partial charge in [-0.15, -0.1) is 0 Å². The Bertz CT molecular complexity index is 583. The van der Waals surface area contributed by atoms with Gasteiger partial charge in [-0.05, 0) is 36.4 Å². The number of pyridine rings is 3. The highest BCUT2D eigenvalue weighted by Crippen LogP contribution is 2.19. The van der Waals surface area contributed by atoms with Crippen LogP contribution >= 0.6 is 0 Å². The summed E-state index contributed by atoms with van der Waals surface area (Å²) in [4.78, 5) is 13.2. The minimum Gasteiger partial charge on any atom is -0.255 e. The summed E-state index contributed by atoms with van der Waals surface area (Å²) in [5, 5.41) is 0. The Hall–Kier alpha value is -2.55. The second-order valence-corrected chi connectivity index (χ2v) is 3.84. The molecule has 128 valence electrons. The van der Waals surface area contributed by atoms with Crippen molar-refractivity contribution in [3.63, 3.8) is 0 Å². The van der Waals surface area contributed by atoms with Gasteiger partial charge in [0, 0.05) is 12.4 Å². The van der Waals surface area contributed by atoms with Crippen LogP contribution in [-0.2, 0) is 0 Å². The van der Waals surface area contributed by atoms with Gasteiger partial charge in [-0.3, -0.25) is 9.97 Å². The van der Waals surface area contributed by atoms with E-state index in [1.165, 1.54) is 0 Å². The molecule has 0 atom stereocenters. The Kier molecular flexibility index (Phi) is 12.6. The van der Waals surface area contributed by atoms with Crippen LogP contribution < -0.4 is 0 Å². The molecule has 0 radical (unpaired) electrons. The molecule has 24 heavy (non-hydrogen) atoms. The van der Waals surface area contributed by atoms with Gasteiger partial charge in [-0.2, -0.15) is 0 Å². The van der Waals surface area contributed by atoms with Crippen molar-refractivity contribution in [1.82, 2.24) is 15.0 Å². The maximum absolute atomic E-state index is 4.59. The molecule has 3 rings (SSSR count). The summed E-state index contributed by atoms with van der Waals surface area (Å²) in [6.07, 6.45) is 3.54. The van der Waals surface area contributed by atoms with E-state index < -0.39 is 0 Å². The van der Waals surface area contributed by atoms with E-state index in [-0.39, 0.29) is 0 Å². The summed E-state index contributed by atoms with van der Waals surface area (Å²) in [6.45, 7) is 12.0. The highest BCUT2D eigenvalue weighted by molar-refractivity contribution is 5.61. The lowest BCUT2D eigenvalue weighted by Crippen LogP contribution is -1.90. The Labute approximate surface area is 146 Å². The van der Waals surface area contributed by atoms with Gasteiger partial charge in [0.05, 0.1) is 22.8 Å². The van der Waals surface area contributed by atoms with Crippen LogP contribution in [0.25, 0.3) is 22.8 Å². The predicted octanol–water partition coefficient (Wildman–Crippen LogP) is 6.28. The third kappa shape index (κ3) is 6.69. The molecule has 0 aliphatic heterocycles. The molecule has 3 nitrogen and oxygen atoms in total. The summed E-state index contributed by atoms with van der Waals surface area (Å²) in [5.74, 6) is 0. The quantitative estimate of drug-likeness (QED) is 0.556. The number of hydrogen-bond acceptors (Lipinski definition) is 3. The normalized spacial score (nSPS) is 8.42. The molecule has 0 bridgehead atoms. The van der Waals surface area contributed by atoms with Crippen LogP contribution in [0.2, 0.25) is 0 Å². The van der Waals surface area contributed by atoms with Crippen molar-refractivity contribution >= 4 is 0 Å². The molecule has 0 amide bonds. The fourth-order valence-electron chi connectivity index (χ4n) is 1.75. The lowest BCUT2D eigenvalue weighted by Gasteiger charge is -2.03. The largest absolute Gasteiger partial charge is 0.255 e.